The van der Waals surface area contributed by atoms with Gasteiger partial charge in [-0.25, -0.2) is 9.97 Å². The highest BCUT2D eigenvalue weighted by atomic mass is 35.5. The van der Waals surface area contributed by atoms with Crippen molar-refractivity contribution < 1.29 is 4.79 Å². The average molecular weight is 568 g/mol. The largest absolute Gasteiger partial charge is 0.334 e. The Hall–Kier alpha value is -4.26. The SMILES string of the molecule is Cn1ccnc1-c1cc(C#N)ccc1-c1cc(Cl)nc(NC(=O)c2cc(CN3CCCCC3)cn(C3CC3)c2=O)c1. The van der Waals surface area contributed by atoms with E-state index in [1.807, 2.05) is 30.1 Å². The Morgan fingerprint density at radius 1 is 1.12 bits per heavy atom. The van der Waals surface area contributed by atoms with Gasteiger partial charge in [0.25, 0.3) is 11.5 Å². The Morgan fingerprint density at radius 3 is 2.63 bits per heavy atom. The van der Waals surface area contributed by atoms with Crippen molar-refractivity contribution in [1.82, 2.24) is 24.0 Å². The summed E-state index contributed by atoms with van der Waals surface area (Å²) in [6.45, 7) is 2.76. The Labute approximate surface area is 243 Å². The van der Waals surface area contributed by atoms with Crippen molar-refractivity contribution >= 4 is 23.3 Å². The molecule has 10 heteroatoms. The number of nitrogens with one attached hydrogen (secondary N) is 1. The fraction of sp³-hybridized carbons (Fsp3) is 0.323. The van der Waals surface area contributed by atoms with E-state index in [1.54, 1.807) is 41.1 Å². The lowest BCUT2D eigenvalue weighted by atomic mass is 9.97. The van der Waals surface area contributed by atoms with Crippen LogP contribution in [0.2, 0.25) is 5.15 Å². The summed E-state index contributed by atoms with van der Waals surface area (Å²) < 4.78 is 3.59. The molecule has 0 radical (unpaired) electrons. The molecular weight excluding hydrogens is 538 g/mol. The van der Waals surface area contributed by atoms with Crippen LogP contribution in [0.4, 0.5) is 5.82 Å². The molecule has 3 aromatic heterocycles. The number of benzene rings is 1. The molecule has 0 spiro atoms. The third-order valence-corrected chi connectivity index (χ3v) is 7.89. The van der Waals surface area contributed by atoms with Crippen LogP contribution in [0.3, 0.4) is 0 Å². The first kappa shape index (κ1) is 26.9. The minimum absolute atomic E-state index is 0.0989. The molecular formula is C31H30ClN7O2. The van der Waals surface area contributed by atoms with Gasteiger partial charge in [0.2, 0.25) is 0 Å². The topological polar surface area (TPSA) is 109 Å². The van der Waals surface area contributed by atoms with E-state index < -0.39 is 5.91 Å². The molecule has 1 saturated carbocycles. The fourth-order valence-electron chi connectivity index (χ4n) is 5.49. The van der Waals surface area contributed by atoms with Gasteiger partial charge in [0, 0.05) is 43.8 Å². The molecule has 2 aliphatic rings. The van der Waals surface area contributed by atoms with Gasteiger partial charge in [0.1, 0.15) is 22.4 Å². The molecule has 0 unspecified atom stereocenters. The molecule has 1 aromatic carbocycles. The second-order valence-electron chi connectivity index (χ2n) is 10.8. The number of carbonyl (C=O) groups is 1. The van der Waals surface area contributed by atoms with Crippen molar-refractivity contribution in [3.63, 3.8) is 0 Å². The molecule has 1 aliphatic carbocycles. The number of hydrogen-bond donors (Lipinski definition) is 1. The van der Waals surface area contributed by atoms with Crippen molar-refractivity contribution in [2.24, 2.45) is 7.05 Å². The number of nitriles is 1. The van der Waals surface area contributed by atoms with Crippen LogP contribution in [0.15, 0.2) is 59.8 Å². The van der Waals surface area contributed by atoms with Gasteiger partial charge in [-0.15, -0.1) is 0 Å². The Morgan fingerprint density at radius 2 is 1.93 bits per heavy atom. The van der Waals surface area contributed by atoms with E-state index in [9.17, 15) is 14.9 Å². The molecule has 1 amide bonds. The summed E-state index contributed by atoms with van der Waals surface area (Å²) in [6.07, 6.45) is 10.9. The molecule has 0 bridgehead atoms. The minimum Gasteiger partial charge on any atom is -0.334 e. The fourth-order valence-corrected chi connectivity index (χ4v) is 5.69. The molecule has 41 heavy (non-hydrogen) atoms. The van der Waals surface area contributed by atoms with Crippen LogP contribution >= 0.6 is 11.6 Å². The number of likely N-dealkylation sites (tertiary alicyclic amines) is 1. The van der Waals surface area contributed by atoms with Gasteiger partial charge in [0.05, 0.1) is 11.6 Å². The van der Waals surface area contributed by atoms with Gasteiger partial charge < -0.3 is 14.5 Å². The van der Waals surface area contributed by atoms with Crippen LogP contribution in [-0.2, 0) is 13.6 Å². The molecule has 208 valence electrons. The summed E-state index contributed by atoms with van der Waals surface area (Å²) in [4.78, 5) is 38.1. The number of pyridine rings is 2. The zero-order valence-corrected chi connectivity index (χ0v) is 23.6. The maximum atomic E-state index is 13.5. The third kappa shape index (κ3) is 5.80. The van der Waals surface area contributed by atoms with E-state index in [-0.39, 0.29) is 28.1 Å². The molecule has 6 rings (SSSR count). The van der Waals surface area contributed by atoms with E-state index >= 15 is 0 Å². The highest BCUT2D eigenvalue weighted by molar-refractivity contribution is 6.30. The van der Waals surface area contributed by atoms with Crippen molar-refractivity contribution in [3.05, 3.63) is 87.2 Å². The predicted molar refractivity (Wildman–Crippen MR) is 158 cm³/mol. The summed E-state index contributed by atoms with van der Waals surface area (Å²) in [5.41, 5.74) is 3.47. The lowest BCUT2D eigenvalue weighted by molar-refractivity contribution is 0.102. The van der Waals surface area contributed by atoms with E-state index in [4.69, 9.17) is 11.6 Å². The van der Waals surface area contributed by atoms with Crippen LogP contribution in [0, 0.1) is 11.3 Å². The number of rotatable bonds is 7. The first-order valence-corrected chi connectivity index (χ1v) is 14.3. The maximum Gasteiger partial charge on any atom is 0.263 e. The van der Waals surface area contributed by atoms with Gasteiger partial charge in [-0.05, 0) is 85.8 Å². The molecule has 2 fully saturated rings. The van der Waals surface area contributed by atoms with E-state index in [0.717, 1.165) is 42.6 Å². The molecule has 0 atom stereocenters. The lowest BCUT2D eigenvalue weighted by Crippen LogP contribution is -2.32. The van der Waals surface area contributed by atoms with Crippen molar-refractivity contribution in [3.8, 4) is 28.6 Å². The van der Waals surface area contributed by atoms with E-state index in [1.165, 1.54) is 19.3 Å². The van der Waals surface area contributed by atoms with Crippen LogP contribution in [0.1, 0.15) is 59.6 Å². The van der Waals surface area contributed by atoms with E-state index in [2.05, 4.69) is 26.3 Å². The smallest absolute Gasteiger partial charge is 0.263 e. The van der Waals surface area contributed by atoms with E-state index in [0.29, 0.717) is 23.5 Å². The number of aryl methyl sites for hydroxylation is 1. The number of carbonyl (C=O) groups excluding carboxylic acids is 1. The Balaban J connectivity index is 1.34. The average Bonchev–Trinajstić information content (AvgIpc) is 3.73. The second kappa shape index (κ2) is 11.3. The number of hydrogen-bond acceptors (Lipinski definition) is 6. The van der Waals surface area contributed by atoms with Gasteiger partial charge in [-0.3, -0.25) is 14.5 Å². The number of anilines is 1. The standard InChI is InChI=1S/C31H30ClN7O2/c1-37-12-9-34-29(37)25-13-20(17-33)5-8-24(25)22-15-27(32)35-28(16-22)36-30(40)26-14-21(18-38-10-3-2-4-11-38)19-39(31(26)41)23-6-7-23/h5,8-9,12-16,19,23H,2-4,6-7,10-11,18H2,1H3,(H,35,36,40). The predicted octanol–water partition coefficient (Wildman–Crippen LogP) is 5.41. The molecule has 1 aliphatic heterocycles. The quantitative estimate of drug-likeness (QED) is 0.299. The van der Waals surface area contributed by atoms with Crippen LogP contribution in [0.25, 0.3) is 22.5 Å². The van der Waals surface area contributed by atoms with Crippen molar-refractivity contribution in [2.45, 2.75) is 44.7 Å². The molecule has 9 nitrogen and oxygen atoms in total. The second-order valence-corrected chi connectivity index (χ2v) is 11.2. The normalized spacial score (nSPS) is 15.4. The number of piperidine rings is 1. The summed E-state index contributed by atoms with van der Waals surface area (Å²) in [7, 11) is 1.88. The Kier molecular flexibility index (Phi) is 7.43. The van der Waals surface area contributed by atoms with Gasteiger partial charge >= 0.3 is 0 Å². The Bertz CT molecular complexity index is 1730. The summed E-state index contributed by atoms with van der Waals surface area (Å²) in [5.74, 6) is 0.392. The van der Waals surface area contributed by atoms with Gasteiger partial charge in [-0.2, -0.15) is 5.26 Å². The van der Waals surface area contributed by atoms with Gasteiger partial charge in [-0.1, -0.05) is 24.1 Å². The molecule has 1 N–H and O–H groups in total. The monoisotopic (exact) mass is 567 g/mol. The summed E-state index contributed by atoms with van der Waals surface area (Å²) >= 11 is 6.43. The number of imidazole rings is 1. The van der Waals surface area contributed by atoms with Gasteiger partial charge in [0.15, 0.2) is 0 Å². The van der Waals surface area contributed by atoms with Crippen LogP contribution in [-0.4, -0.2) is 43.0 Å². The highest BCUT2D eigenvalue weighted by Gasteiger charge is 2.28. The summed E-state index contributed by atoms with van der Waals surface area (Å²) in [5, 5.41) is 12.5. The van der Waals surface area contributed by atoms with Crippen LogP contribution < -0.4 is 10.9 Å². The first-order valence-electron chi connectivity index (χ1n) is 13.9. The number of aromatic nitrogens is 4. The highest BCUT2D eigenvalue weighted by Crippen LogP contribution is 2.35. The number of nitrogens with zero attached hydrogens (tertiary/aromatic N) is 6. The third-order valence-electron chi connectivity index (χ3n) is 7.70. The van der Waals surface area contributed by atoms with Crippen molar-refractivity contribution in [1.29, 1.82) is 5.26 Å². The molecule has 4 aromatic rings. The first-order chi connectivity index (χ1) is 19.9. The number of halogens is 1. The maximum absolute atomic E-state index is 13.5. The minimum atomic E-state index is -0.519. The molecule has 1 saturated heterocycles. The lowest BCUT2D eigenvalue weighted by Gasteiger charge is -2.26. The molecule has 4 heterocycles. The van der Waals surface area contributed by atoms with Crippen LogP contribution in [0.5, 0.6) is 0 Å². The zero-order valence-electron chi connectivity index (χ0n) is 22.8. The summed E-state index contributed by atoms with van der Waals surface area (Å²) in [6, 6.07) is 12.8. The van der Waals surface area contributed by atoms with Crippen molar-refractivity contribution in [2.75, 3.05) is 18.4 Å². The number of amides is 1. The zero-order chi connectivity index (χ0) is 28.5.